The molecule has 1 aromatic carbocycles. The van der Waals surface area contributed by atoms with Crippen molar-refractivity contribution < 1.29 is 9.18 Å². The summed E-state index contributed by atoms with van der Waals surface area (Å²) in [5.74, 6) is 0.168. The Morgan fingerprint density at radius 1 is 1.15 bits per heavy atom. The van der Waals surface area contributed by atoms with E-state index in [1.807, 2.05) is 19.1 Å². The zero-order chi connectivity index (χ0) is 17.8. The van der Waals surface area contributed by atoms with Crippen LogP contribution >= 0.6 is 24.0 Å². The second kappa shape index (κ2) is 9.19. The number of halogens is 3. The predicted molar refractivity (Wildman–Crippen MR) is 105 cm³/mol. The standard InChI is InChI=1S/C19H21ClFN3O.ClH/c1-12-8-9-22-18(10-12)23-14-3-5-15(6-4-14)24-19(25)13-2-7-17(21)16(20)11-13;/h2,7-11,14-15H,3-6H2,1H3,(H,22,23)(H,24,25);1H/t14-,15+;. The first kappa shape index (κ1) is 20.5. The number of hydrogen-bond acceptors (Lipinski definition) is 3. The van der Waals surface area contributed by atoms with Crippen LogP contribution in [0.2, 0.25) is 5.02 Å². The van der Waals surface area contributed by atoms with E-state index in [1.54, 1.807) is 6.20 Å². The highest BCUT2D eigenvalue weighted by Crippen LogP contribution is 2.23. The molecule has 0 radical (unpaired) electrons. The van der Waals surface area contributed by atoms with E-state index in [-0.39, 0.29) is 29.4 Å². The van der Waals surface area contributed by atoms with E-state index in [2.05, 4.69) is 15.6 Å². The number of rotatable bonds is 4. The number of nitrogens with zero attached hydrogens (tertiary/aromatic N) is 1. The van der Waals surface area contributed by atoms with Gasteiger partial charge in [0, 0.05) is 23.8 Å². The molecule has 2 N–H and O–H groups in total. The van der Waals surface area contributed by atoms with Crippen LogP contribution in [0.15, 0.2) is 36.5 Å². The van der Waals surface area contributed by atoms with Crippen LogP contribution in [0.5, 0.6) is 0 Å². The Labute approximate surface area is 164 Å². The van der Waals surface area contributed by atoms with E-state index in [1.165, 1.54) is 23.8 Å². The van der Waals surface area contributed by atoms with Crippen LogP contribution in [-0.2, 0) is 0 Å². The molecule has 0 aliphatic heterocycles. The monoisotopic (exact) mass is 397 g/mol. The number of carbonyl (C=O) groups is 1. The minimum atomic E-state index is -0.519. The summed E-state index contributed by atoms with van der Waals surface area (Å²) in [6.07, 6.45) is 5.52. The maximum Gasteiger partial charge on any atom is 0.251 e. The first-order valence-electron chi connectivity index (χ1n) is 8.46. The quantitative estimate of drug-likeness (QED) is 0.781. The van der Waals surface area contributed by atoms with Gasteiger partial charge in [0.15, 0.2) is 0 Å². The fourth-order valence-electron chi connectivity index (χ4n) is 3.11. The third-order valence-electron chi connectivity index (χ3n) is 4.51. The van der Waals surface area contributed by atoms with Gasteiger partial charge < -0.3 is 10.6 Å². The molecule has 7 heteroatoms. The average Bonchev–Trinajstić information content (AvgIpc) is 2.59. The molecular formula is C19H22Cl2FN3O. The van der Waals surface area contributed by atoms with Crippen LogP contribution in [0.25, 0.3) is 0 Å². The first-order chi connectivity index (χ1) is 12.0. The number of benzene rings is 1. The third-order valence-corrected chi connectivity index (χ3v) is 4.80. The van der Waals surface area contributed by atoms with Gasteiger partial charge in [-0.05, 0) is 68.5 Å². The molecule has 140 valence electrons. The van der Waals surface area contributed by atoms with Crippen molar-refractivity contribution in [3.05, 3.63) is 58.5 Å². The summed E-state index contributed by atoms with van der Waals surface area (Å²) in [5, 5.41) is 6.43. The molecule has 1 saturated carbocycles. The molecule has 1 amide bonds. The first-order valence-corrected chi connectivity index (χ1v) is 8.84. The van der Waals surface area contributed by atoms with Crippen molar-refractivity contribution in [2.75, 3.05) is 5.32 Å². The van der Waals surface area contributed by atoms with Gasteiger partial charge >= 0.3 is 0 Å². The van der Waals surface area contributed by atoms with E-state index in [4.69, 9.17) is 11.6 Å². The molecule has 0 atom stereocenters. The van der Waals surface area contributed by atoms with Crippen molar-refractivity contribution in [1.82, 2.24) is 10.3 Å². The van der Waals surface area contributed by atoms with Gasteiger partial charge in [-0.2, -0.15) is 0 Å². The van der Waals surface area contributed by atoms with Crippen LogP contribution in [0.4, 0.5) is 10.2 Å². The smallest absolute Gasteiger partial charge is 0.251 e. The zero-order valence-corrected chi connectivity index (χ0v) is 16.0. The number of amides is 1. The predicted octanol–water partition coefficient (Wildman–Crippen LogP) is 4.76. The van der Waals surface area contributed by atoms with Crippen LogP contribution in [-0.4, -0.2) is 23.0 Å². The minimum absolute atomic E-state index is 0. The highest BCUT2D eigenvalue weighted by atomic mass is 35.5. The summed E-state index contributed by atoms with van der Waals surface area (Å²) < 4.78 is 13.2. The molecule has 1 aliphatic rings. The van der Waals surface area contributed by atoms with Gasteiger partial charge in [0.05, 0.1) is 5.02 Å². The van der Waals surface area contributed by atoms with Gasteiger partial charge in [0.25, 0.3) is 5.91 Å². The largest absolute Gasteiger partial charge is 0.367 e. The van der Waals surface area contributed by atoms with Crippen molar-refractivity contribution in [3.8, 4) is 0 Å². The summed E-state index contributed by atoms with van der Waals surface area (Å²) in [7, 11) is 0. The maximum absolute atomic E-state index is 13.2. The molecule has 4 nitrogen and oxygen atoms in total. The van der Waals surface area contributed by atoms with Crippen molar-refractivity contribution >= 4 is 35.7 Å². The molecule has 0 spiro atoms. The van der Waals surface area contributed by atoms with Crippen LogP contribution in [0, 0.1) is 12.7 Å². The van der Waals surface area contributed by atoms with E-state index >= 15 is 0 Å². The normalized spacial score (nSPS) is 19.3. The molecule has 0 bridgehead atoms. The molecule has 1 fully saturated rings. The number of hydrogen-bond donors (Lipinski definition) is 2. The lowest BCUT2D eigenvalue weighted by atomic mass is 9.91. The van der Waals surface area contributed by atoms with Gasteiger partial charge in [-0.25, -0.2) is 9.37 Å². The maximum atomic E-state index is 13.2. The van der Waals surface area contributed by atoms with Crippen molar-refractivity contribution in [1.29, 1.82) is 0 Å². The Balaban J connectivity index is 0.00000243. The number of aryl methyl sites for hydroxylation is 1. The summed E-state index contributed by atoms with van der Waals surface area (Å²) in [6.45, 7) is 2.04. The topological polar surface area (TPSA) is 54.0 Å². The Morgan fingerprint density at radius 3 is 2.50 bits per heavy atom. The lowest BCUT2D eigenvalue weighted by Gasteiger charge is -2.30. The lowest BCUT2D eigenvalue weighted by Crippen LogP contribution is -2.40. The number of anilines is 1. The summed E-state index contributed by atoms with van der Waals surface area (Å²) in [4.78, 5) is 16.6. The van der Waals surface area contributed by atoms with E-state index < -0.39 is 5.82 Å². The Hall–Kier alpha value is -1.85. The molecule has 1 heterocycles. The third kappa shape index (κ3) is 5.32. The van der Waals surface area contributed by atoms with E-state index in [9.17, 15) is 9.18 Å². The second-order valence-corrected chi connectivity index (χ2v) is 6.92. The summed E-state index contributed by atoms with van der Waals surface area (Å²) in [6, 6.07) is 8.52. The van der Waals surface area contributed by atoms with Crippen LogP contribution < -0.4 is 10.6 Å². The average molecular weight is 398 g/mol. The molecule has 26 heavy (non-hydrogen) atoms. The highest BCUT2D eigenvalue weighted by molar-refractivity contribution is 6.31. The summed E-state index contributed by atoms with van der Waals surface area (Å²) >= 11 is 5.74. The SMILES string of the molecule is Cc1ccnc(N[C@H]2CC[C@@H](NC(=O)c3ccc(F)c(Cl)c3)CC2)c1.Cl. The lowest BCUT2D eigenvalue weighted by molar-refractivity contribution is 0.0926. The fourth-order valence-corrected chi connectivity index (χ4v) is 3.29. The van der Waals surface area contributed by atoms with Crippen molar-refractivity contribution in [3.63, 3.8) is 0 Å². The van der Waals surface area contributed by atoms with Gasteiger partial charge in [0.1, 0.15) is 11.6 Å². The van der Waals surface area contributed by atoms with Crippen LogP contribution in [0.1, 0.15) is 41.6 Å². The van der Waals surface area contributed by atoms with E-state index in [0.717, 1.165) is 31.5 Å². The van der Waals surface area contributed by atoms with E-state index in [0.29, 0.717) is 11.6 Å². The Bertz CT molecular complexity index is 764. The second-order valence-electron chi connectivity index (χ2n) is 6.51. The van der Waals surface area contributed by atoms with Gasteiger partial charge in [-0.3, -0.25) is 4.79 Å². The molecule has 2 aromatic rings. The molecule has 1 aliphatic carbocycles. The van der Waals surface area contributed by atoms with Crippen molar-refractivity contribution in [2.45, 2.75) is 44.7 Å². The number of nitrogens with one attached hydrogen (secondary N) is 2. The fraction of sp³-hybridized carbons (Fsp3) is 0.368. The molecular weight excluding hydrogens is 376 g/mol. The Kier molecular flexibility index (Phi) is 7.23. The molecule has 0 unspecified atom stereocenters. The highest BCUT2D eigenvalue weighted by Gasteiger charge is 2.23. The summed E-state index contributed by atoms with van der Waals surface area (Å²) in [5.41, 5.74) is 1.56. The minimum Gasteiger partial charge on any atom is -0.367 e. The Morgan fingerprint density at radius 2 is 1.85 bits per heavy atom. The zero-order valence-electron chi connectivity index (χ0n) is 14.5. The number of pyridine rings is 1. The van der Waals surface area contributed by atoms with Gasteiger partial charge in [0.2, 0.25) is 0 Å². The molecule has 3 rings (SSSR count). The van der Waals surface area contributed by atoms with Gasteiger partial charge in [-0.15, -0.1) is 12.4 Å². The number of aromatic nitrogens is 1. The molecule has 1 aromatic heterocycles. The van der Waals surface area contributed by atoms with Crippen LogP contribution in [0.3, 0.4) is 0 Å². The van der Waals surface area contributed by atoms with Gasteiger partial charge in [-0.1, -0.05) is 11.6 Å². The molecule has 0 saturated heterocycles. The van der Waals surface area contributed by atoms with Crippen molar-refractivity contribution in [2.24, 2.45) is 0 Å². The number of carbonyl (C=O) groups excluding carboxylic acids is 1.